The summed E-state index contributed by atoms with van der Waals surface area (Å²) in [5, 5.41) is 0. The van der Waals surface area contributed by atoms with Gasteiger partial charge in [-0.1, -0.05) is 18.2 Å². The van der Waals surface area contributed by atoms with Gasteiger partial charge in [-0.05, 0) is 94.7 Å². The van der Waals surface area contributed by atoms with Crippen LogP contribution in [0.25, 0.3) is 0 Å². The van der Waals surface area contributed by atoms with E-state index in [2.05, 4.69) is 28.6 Å². The highest BCUT2D eigenvalue weighted by atomic mass is 79.9. The van der Waals surface area contributed by atoms with Gasteiger partial charge >= 0.3 is 13.2 Å². The van der Waals surface area contributed by atoms with Gasteiger partial charge in [-0.25, -0.2) is 4.79 Å². The normalized spacial score (nSPS) is 19.1. The zero-order valence-electron chi connectivity index (χ0n) is 20.6. The minimum atomic E-state index is -0.465. The first kappa shape index (κ1) is 28.9. The first-order valence-electron chi connectivity index (χ1n) is 10.7. The summed E-state index contributed by atoms with van der Waals surface area (Å²) in [6.07, 6.45) is 4.20. The molecule has 0 spiro atoms. The van der Waals surface area contributed by atoms with Crippen molar-refractivity contribution in [1.82, 2.24) is 4.90 Å². The van der Waals surface area contributed by atoms with E-state index < -0.39 is 5.60 Å². The van der Waals surface area contributed by atoms with E-state index in [0.717, 1.165) is 22.1 Å². The Morgan fingerprint density at radius 2 is 1.69 bits per heavy atom. The highest BCUT2D eigenvalue weighted by Crippen LogP contribution is 2.39. The number of ether oxygens (including phenoxy) is 1. The Balaban J connectivity index is 0.000000427. The van der Waals surface area contributed by atoms with Crippen molar-refractivity contribution in [2.45, 2.75) is 71.7 Å². The third kappa shape index (κ3) is 8.32. The van der Waals surface area contributed by atoms with Crippen molar-refractivity contribution < 1.29 is 18.8 Å². The molecule has 3 rings (SSSR count). The summed E-state index contributed by atoms with van der Waals surface area (Å²) in [6, 6.07) is 7.60. The summed E-state index contributed by atoms with van der Waals surface area (Å²) in [7, 11) is -0.314. The molecule has 2 N–H and O–H groups in total. The van der Waals surface area contributed by atoms with Crippen molar-refractivity contribution in [1.29, 1.82) is 0 Å². The fourth-order valence-electron chi connectivity index (χ4n) is 2.86. The summed E-state index contributed by atoms with van der Waals surface area (Å²) in [4.78, 5) is 13.8. The second-order valence-electron chi connectivity index (χ2n) is 9.57. The number of hydrogen-bond acceptors (Lipinski definition) is 6. The monoisotopic (exact) mass is 528 g/mol. The molecule has 0 unspecified atom stereocenters. The molecule has 32 heavy (non-hydrogen) atoms. The minimum Gasteiger partial charge on any atom is -0.444 e. The number of benzene rings is 1. The Hall–Kier alpha value is -1.16. The van der Waals surface area contributed by atoms with Gasteiger partial charge in [-0.2, -0.15) is 12.6 Å². The number of carbonyl (C=O) groups is 1. The number of para-hydroxylation sites is 1. The zero-order valence-corrected chi connectivity index (χ0v) is 23.0. The van der Waals surface area contributed by atoms with Crippen LogP contribution in [0.1, 0.15) is 54.9 Å². The summed E-state index contributed by atoms with van der Waals surface area (Å²) in [5.74, 6) is 0. The molecule has 2 aliphatic heterocycles. The molecule has 1 aromatic rings. The van der Waals surface area contributed by atoms with Crippen LogP contribution in [0.4, 0.5) is 10.5 Å². The number of halogens is 1. The van der Waals surface area contributed by atoms with Crippen molar-refractivity contribution in [3.8, 4) is 0 Å². The topological polar surface area (TPSA) is 74.0 Å². The zero-order chi connectivity index (χ0) is 24.7. The quantitative estimate of drug-likeness (QED) is 0.275. The minimum absolute atomic E-state index is 0.267. The van der Waals surface area contributed by atoms with Crippen LogP contribution in [0.15, 0.2) is 40.3 Å². The van der Waals surface area contributed by atoms with Crippen molar-refractivity contribution in [2.24, 2.45) is 0 Å². The fourth-order valence-corrected chi connectivity index (χ4v) is 3.15. The molecule has 1 amide bonds. The maximum absolute atomic E-state index is 12.1. The van der Waals surface area contributed by atoms with Gasteiger partial charge in [0, 0.05) is 23.2 Å². The fraction of sp³-hybridized carbons (Fsp3) is 0.609. The van der Waals surface area contributed by atoms with Gasteiger partial charge in [-0.15, -0.1) is 0 Å². The second kappa shape index (κ2) is 11.8. The van der Waals surface area contributed by atoms with Crippen LogP contribution in [-0.4, -0.2) is 54.3 Å². The Morgan fingerprint density at radius 3 is 2.06 bits per heavy atom. The Morgan fingerprint density at radius 1 is 1.16 bits per heavy atom. The molecule has 2 aliphatic rings. The molecule has 2 heterocycles. The third-order valence-corrected chi connectivity index (χ3v) is 6.08. The number of nitrogen functional groups attached to an aromatic ring is 1. The molecule has 1 fully saturated rings. The molecule has 9 heteroatoms. The average Bonchev–Trinajstić information content (AvgIpc) is 2.92. The number of nitrogens with zero attached hydrogens (tertiary/aromatic N) is 1. The van der Waals surface area contributed by atoms with Crippen LogP contribution in [0.5, 0.6) is 0 Å². The van der Waals surface area contributed by atoms with Crippen LogP contribution in [0.3, 0.4) is 0 Å². The lowest BCUT2D eigenvalue weighted by Crippen LogP contribution is -2.41. The highest BCUT2D eigenvalue weighted by Gasteiger charge is 2.52. The number of carbonyl (C=O) groups excluding carboxylic acids is 1. The lowest BCUT2D eigenvalue weighted by molar-refractivity contribution is 0.00578. The first-order valence-corrected chi connectivity index (χ1v) is 12.4. The van der Waals surface area contributed by atoms with E-state index in [-0.39, 0.29) is 24.4 Å². The van der Waals surface area contributed by atoms with E-state index in [4.69, 9.17) is 19.8 Å². The largest absolute Gasteiger partial charge is 0.490 e. The van der Waals surface area contributed by atoms with E-state index in [1.54, 1.807) is 11.2 Å². The van der Waals surface area contributed by atoms with Gasteiger partial charge < -0.3 is 24.7 Å². The third-order valence-electron chi connectivity index (χ3n) is 5.36. The standard InChI is InChI=1S/C16H28BNO4.C6H6BrN.CH4S/c1-14(2,3)20-13(19)18-10-8-12(9-11-18)17-21-15(4,5)16(6,7)22-17;7-5-3-1-2-4-6(5)8;1-2/h8H,9-11H2,1-7H3;1-4H,8H2;2H,1H3. The molecular formula is C23H38BBrN2O4S. The molecule has 0 saturated carbocycles. The first-order chi connectivity index (χ1) is 14.7. The van der Waals surface area contributed by atoms with Gasteiger partial charge in [0.15, 0.2) is 0 Å². The summed E-state index contributed by atoms with van der Waals surface area (Å²) < 4.78 is 18.5. The van der Waals surface area contributed by atoms with Crippen LogP contribution in [0, 0.1) is 0 Å². The van der Waals surface area contributed by atoms with Crippen LogP contribution in [-0.2, 0) is 14.0 Å². The van der Waals surface area contributed by atoms with Crippen molar-refractivity contribution in [3.05, 3.63) is 40.3 Å². The maximum atomic E-state index is 12.1. The number of nitrogens with two attached hydrogens (primary N) is 1. The average molecular weight is 529 g/mol. The number of amides is 1. The van der Waals surface area contributed by atoms with Gasteiger partial charge in [0.2, 0.25) is 0 Å². The van der Waals surface area contributed by atoms with Crippen molar-refractivity contribution in [2.75, 3.05) is 25.1 Å². The maximum Gasteiger partial charge on any atom is 0.490 e. The van der Waals surface area contributed by atoms with Crippen LogP contribution >= 0.6 is 28.6 Å². The van der Waals surface area contributed by atoms with E-state index in [1.165, 1.54) is 0 Å². The molecule has 6 nitrogen and oxygen atoms in total. The van der Waals surface area contributed by atoms with Gasteiger partial charge in [0.1, 0.15) is 5.60 Å². The molecular weight excluding hydrogens is 491 g/mol. The highest BCUT2D eigenvalue weighted by molar-refractivity contribution is 9.10. The predicted octanol–water partition coefficient (Wildman–Crippen LogP) is 5.76. The van der Waals surface area contributed by atoms with Crippen LogP contribution < -0.4 is 5.73 Å². The molecule has 0 aromatic heterocycles. The molecule has 0 bridgehead atoms. The number of thiol groups is 1. The molecule has 0 radical (unpaired) electrons. The van der Waals surface area contributed by atoms with E-state index in [0.29, 0.717) is 13.1 Å². The summed E-state index contributed by atoms with van der Waals surface area (Å²) >= 11 is 6.80. The van der Waals surface area contributed by atoms with Gasteiger partial charge in [0.25, 0.3) is 0 Å². The number of rotatable bonds is 1. The van der Waals surface area contributed by atoms with E-state index in [9.17, 15) is 4.79 Å². The molecule has 1 aromatic carbocycles. The van der Waals surface area contributed by atoms with Gasteiger partial charge in [0.05, 0.1) is 11.2 Å². The smallest absolute Gasteiger partial charge is 0.444 e. The van der Waals surface area contributed by atoms with E-state index in [1.807, 2.05) is 78.8 Å². The van der Waals surface area contributed by atoms with E-state index >= 15 is 0 Å². The molecule has 0 aliphatic carbocycles. The lowest BCUT2D eigenvalue weighted by atomic mass is 9.75. The summed E-state index contributed by atoms with van der Waals surface area (Å²) in [5.41, 5.74) is 6.24. The summed E-state index contributed by atoms with van der Waals surface area (Å²) in [6.45, 7) is 15.0. The second-order valence-corrected chi connectivity index (χ2v) is 10.4. The van der Waals surface area contributed by atoms with Gasteiger partial charge in [-0.3, -0.25) is 0 Å². The predicted molar refractivity (Wildman–Crippen MR) is 140 cm³/mol. The van der Waals surface area contributed by atoms with Crippen LogP contribution in [0.2, 0.25) is 0 Å². The van der Waals surface area contributed by atoms with Crippen molar-refractivity contribution >= 4 is 47.5 Å². The Bertz CT molecular complexity index is 759. The number of hydrogen-bond donors (Lipinski definition) is 2. The molecule has 0 atom stereocenters. The Labute approximate surface area is 207 Å². The lowest BCUT2D eigenvalue weighted by Gasteiger charge is -2.32. The SMILES string of the molecule is CC(C)(C)OC(=O)N1CC=C(B2OC(C)(C)C(C)(C)O2)CC1.CS.Nc1ccccc1Br. The molecule has 1 saturated heterocycles. The van der Waals surface area contributed by atoms with Crippen molar-refractivity contribution in [3.63, 3.8) is 0 Å². The molecule has 180 valence electrons. The Kier molecular flexibility index (Phi) is 10.7. The number of anilines is 1.